The van der Waals surface area contributed by atoms with Gasteiger partial charge in [0.05, 0.1) is 11.3 Å². The predicted molar refractivity (Wildman–Crippen MR) is 77.4 cm³/mol. The zero-order valence-corrected chi connectivity index (χ0v) is 12.0. The number of aryl methyl sites for hydroxylation is 2. The number of nitrogen functional groups attached to an aromatic ring is 1. The van der Waals surface area contributed by atoms with E-state index in [1.165, 1.54) is 5.56 Å². The molecule has 0 aromatic carbocycles. The molecule has 3 N–H and O–H groups in total. The van der Waals surface area contributed by atoms with Crippen molar-refractivity contribution >= 4 is 11.7 Å². The van der Waals surface area contributed by atoms with E-state index in [4.69, 9.17) is 5.73 Å². The van der Waals surface area contributed by atoms with Crippen LogP contribution in [0.15, 0.2) is 18.3 Å². The molecule has 6 heteroatoms. The molecule has 0 aliphatic heterocycles. The quantitative estimate of drug-likeness (QED) is 0.869. The Labute approximate surface area is 118 Å². The molecule has 20 heavy (non-hydrogen) atoms. The second-order valence-corrected chi connectivity index (χ2v) is 4.72. The number of amides is 1. The zero-order chi connectivity index (χ0) is 14.7. The van der Waals surface area contributed by atoms with Crippen molar-refractivity contribution in [3.8, 4) is 0 Å². The van der Waals surface area contributed by atoms with Crippen LogP contribution in [0, 0.1) is 13.8 Å². The van der Waals surface area contributed by atoms with Crippen LogP contribution in [0.4, 0.5) is 5.82 Å². The summed E-state index contributed by atoms with van der Waals surface area (Å²) in [5, 5.41) is 7.21. The number of nitrogens with one attached hydrogen (secondary N) is 1. The highest BCUT2D eigenvalue weighted by atomic mass is 16.1. The zero-order valence-electron chi connectivity index (χ0n) is 12.0. The van der Waals surface area contributed by atoms with Crippen molar-refractivity contribution in [1.29, 1.82) is 0 Å². The molecule has 0 aliphatic rings. The fourth-order valence-electron chi connectivity index (χ4n) is 2.19. The van der Waals surface area contributed by atoms with Crippen molar-refractivity contribution in [2.24, 2.45) is 7.05 Å². The fourth-order valence-corrected chi connectivity index (χ4v) is 2.19. The van der Waals surface area contributed by atoms with E-state index < -0.39 is 0 Å². The van der Waals surface area contributed by atoms with Crippen molar-refractivity contribution in [3.05, 3.63) is 40.8 Å². The Morgan fingerprint density at radius 1 is 1.45 bits per heavy atom. The van der Waals surface area contributed by atoms with Crippen LogP contribution < -0.4 is 11.1 Å². The number of nitrogens with zero attached hydrogens (tertiary/aromatic N) is 3. The van der Waals surface area contributed by atoms with Crippen molar-refractivity contribution in [3.63, 3.8) is 0 Å². The molecule has 0 aliphatic carbocycles. The standard InChI is InChI=1S/C14H19N5O/c1-9-11(10(2)19(3)18-9)6-8-17-14(20)12-5-4-7-16-13(12)15/h4-5,7H,6,8H2,1-3H3,(H2,15,16)(H,17,20). The van der Waals surface area contributed by atoms with Gasteiger partial charge in [0.15, 0.2) is 0 Å². The maximum Gasteiger partial charge on any atom is 0.255 e. The molecule has 0 saturated carbocycles. The van der Waals surface area contributed by atoms with E-state index in [2.05, 4.69) is 15.4 Å². The van der Waals surface area contributed by atoms with E-state index >= 15 is 0 Å². The van der Waals surface area contributed by atoms with Crippen LogP contribution in [-0.2, 0) is 13.5 Å². The van der Waals surface area contributed by atoms with Gasteiger partial charge in [-0.1, -0.05) is 0 Å². The SMILES string of the molecule is Cc1nn(C)c(C)c1CCNC(=O)c1cccnc1N. The highest BCUT2D eigenvalue weighted by Gasteiger charge is 2.12. The van der Waals surface area contributed by atoms with Gasteiger partial charge in [-0.3, -0.25) is 9.48 Å². The summed E-state index contributed by atoms with van der Waals surface area (Å²) < 4.78 is 1.85. The lowest BCUT2D eigenvalue weighted by Crippen LogP contribution is -2.27. The third kappa shape index (κ3) is 2.79. The second kappa shape index (κ2) is 5.73. The van der Waals surface area contributed by atoms with E-state index in [9.17, 15) is 4.79 Å². The first kappa shape index (κ1) is 14.0. The molecule has 0 bridgehead atoms. The number of hydrogen-bond donors (Lipinski definition) is 2. The molecule has 2 aromatic heterocycles. The van der Waals surface area contributed by atoms with Gasteiger partial charge >= 0.3 is 0 Å². The number of carbonyl (C=O) groups excluding carboxylic acids is 1. The molecule has 1 amide bonds. The molecule has 2 heterocycles. The Hall–Kier alpha value is -2.37. The first-order valence-corrected chi connectivity index (χ1v) is 6.48. The van der Waals surface area contributed by atoms with Crippen molar-refractivity contribution in [2.75, 3.05) is 12.3 Å². The molecule has 0 saturated heterocycles. The normalized spacial score (nSPS) is 10.6. The van der Waals surface area contributed by atoms with Gasteiger partial charge in [-0.15, -0.1) is 0 Å². The first-order valence-electron chi connectivity index (χ1n) is 6.48. The molecule has 0 fully saturated rings. The van der Waals surface area contributed by atoms with Crippen molar-refractivity contribution in [2.45, 2.75) is 20.3 Å². The smallest absolute Gasteiger partial charge is 0.255 e. The first-order chi connectivity index (χ1) is 9.50. The van der Waals surface area contributed by atoms with E-state index in [-0.39, 0.29) is 11.7 Å². The molecular formula is C14H19N5O. The summed E-state index contributed by atoms with van der Waals surface area (Å²) in [6, 6.07) is 3.36. The monoisotopic (exact) mass is 273 g/mol. The summed E-state index contributed by atoms with van der Waals surface area (Å²) in [7, 11) is 1.92. The largest absolute Gasteiger partial charge is 0.383 e. The Bertz CT molecular complexity index is 632. The number of hydrogen-bond acceptors (Lipinski definition) is 4. The summed E-state index contributed by atoms with van der Waals surface area (Å²) in [5.41, 5.74) is 9.38. The van der Waals surface area contributed by atoms with E-state index in [1.54, 1.807) is 18.3 Å². The van der Waals surface area contributed by atoms with Gasteiger partial charge < -0.3 is 11.1 Å². The van der Waals surface area contributed by atoms with E-state index in [0.29, 0.717) is 12.1 Å². The van der Waals surface area contributed by atoms with Crippen LogP contribution >= 0.6 is 0 Å². The summed E-state index contributed by atoms with van der Waals surface area (Å²) in [5.74, 6) is 0.0496. The number of anilines is 1. The topological polar surface area (TPSA) is 85.8 Å². The van der Waals surface area contributed by atoms with Crippen molar-refractivity contribution in [1.82, 2.24) is 20.1 Å². The Balaban J connectivity index is 1.97. The lowest BCUT2D eigenvalue weighted by Gasteiger charge is -2.07. The predicted octanol–water partition coefficient (Wildman–Crippen LogP) is 0.987. The van der Waals surface area contributed by atoms with Gasteiger partial charge in [0.2, 0.25) is 0 Å². The highest BCUT2D eigenvalue weighted by molar-refractivity contribution is 5.98. The van der Waals surface area contributed by atoms with Gasteiger partial charge in [-0.2, -0.15) is 5.10 Å². The van der Waals surface area contributed by atoms with E-state index in [1.807, 2.05) is 25.6 Å². The molecule has 0 radical (unpaired) electrons. The molecule has 0 unspecified atom stereocenters. The molecule has 0 spiro atoms. The third-order valence-electron chi connectivity index (χ3n) is 3.40. The van der Waals surface area contributed by atoms with Gasteiger partial charge in [0, 0.05) is 25.5 Å². The van der Waals surface area contributed by atoms with Gasteiger partial charge in [-0.05, 0) is 38.0 Å². The van der Waals surface area contributed by atoms with Crippen LogP contribution in [-0.4, -0.2) is 27.2 Å². The molecule has 2 aromatic rings. The van der Waals surface area contributed by atoms with Crippen molar-refractivity contribution < 1.29 is 4.79 Å². The number of rotatable bonds is 4. The lowest BCUT2D eigenvalue weighted by atomic mass is 10.1. The molecule has 2 rings (SSSR count). The lowest BCUT2D eigenvalue weighted by molar-refractivity contribution is 0.0954. The van der Waals surface area contributed by atoms with Gasteiger partial charge in [-0.25, -0.2) is 4.98 Å². The van der Waals surface area contributed by atoms with E-state index in [0.717, 1.165) is 17.8 Å². The van der Waals surface area contributed by atoms with Crippen LogP contribution in [0.3, 0.4) is 0 Å². The highest BCUT2D eigenvalue weighted by Crippen LogP contribution is 2.12. The molecular weight excluding hydrogens is 254 g/mol. The average molecular weight is 273 g/mol. The number of pyridine rings is 1. The average Bonchev–Trinajstić information content (AvgIpc) is 2.65. The van der Waals surface area contributed by atoms with Gasteiger partial charge in [0.1, 0.15) is 5.82 Å². The van der Waals surface area contributed by atoms with Gasteiger partial charge in [0.25, 0.3) is 5.91 Å². The second-order valence-electron chi connectivity index (χ2n) is 4.72. The number of nitrogens with two attached hydrogens (primary N) is 1. The third-order valence-corrected chi connectivity index (χ3v) is 3.40. The van der Waals surface area contributed by atoms with Crippen LogP contribution in [0.1, 0.15) is 27.3 Å². The minimum absolute atomic E-state index is 0.199. The maximum absolute atomic E-state index is 12.0. The van der Waals surface area contributed by atoms with Crippen LogP contribution in [0.2, 0.25) is 0 Å². The maximum atomic E-state index is 12.0. The van der Waals surface area contributed by atoms with Crippen LogP contribution in [0.5, 0.6) is 0 Å². The molecule has 106 valence electrons. The Morgan fingerprint density at radius 3 is 2.80 bits per heavy atom. The molecule has 6 nitrogen and oxygen atoms in total. The van der Waals surface area contributed by atoms with Crippen LogP contribution in [0.25, 0.3) is 0 Å². The summed E-state index contributed by atoms with van der Waals surface area (Å²) in [6.07, 6.45) is 2.31. The Kier molecular flexibility index (Phi) is 4.02. The molecule has 0 atom stereocenters. The summed E-state index contributed by atoms with van der Waals surface area (Å²) in [4.78, 5) is 15.9. The minimum Gasteiger partial charge on any atom is -0.383 e. The minimum atomic E-state index is -0.199. The summed E-state index contributed by atoms with van der Waals surface area (Å²) in [6.45, 7) is 4.54. The number of aromatic nitrogens is 3. The fraction of sp³-hybridized carbons (Fsp3) is 0.357. The Morgan fingerprint density at radius 2 is 2.20 bits per heavy atom. The summed E-state index contributed by atoms with van der Waals surface area (Å²) >= 11 is 0. The number of carbonyl (C=O) groups is 1.